The van der Waals surface area contributed by atoms with Crippen LogP contribution in [0.5, 0.6) is 5.75 Å². The van der Waals surface area contributed by atoms with Gasteiger partial charge in [0.15, 0.2) is 5.60 Å². The third-order valence-electron chi connectivity index (χ3n) is 4.32. The summed E-state index contributed by atoms with van der Waals surface area (Å²) in [4.78, 5) is 18.5. The molecule has 2 aromatic rings. The summed E-state index contributed by atoms with van der Waals surface area (Å²) in [5.41, 5.74) is -0.899. The molecule has 0 bridgehead atoms. The van der Waals surface area contributed by atoms with E-state index >= 15 is 0 Å². The number of carbonyl (C=O) groups is 1. The second-order valence-corrected chi connectivity index (χ2v) is 8.18. The lowest BCUT2D eigenvalue weighted by Crippen LogP contribution is -2.55. The predicted octanol–water partition coefficient (Wildman–Crippen LogP) is 3.90. The quantitative estimate of drug-likeness (QED) is 0.790. The maximum atomic E-state index is 12.9. The summed E-state index contributed by atoms with van der Waals surface area (Å²) in [7, 11) is 0. The van der Waals surface area contributed by atoms with Gasteiger partial charge in [0, 0.05) is 42.6 Å². The topological polar surface area (TPSA) is 32.8 Å². The fourth-order valence-electron chi connectivity index (χ4n) is 2.95. The third kappa shape index (κ3) is 4.75. The van der Waals surface area contributed by atoms with E-state index in [-0.39, 0.29) is 5.91 Å². The van der Waals surface area contributed by atoms with E-state index in [4.69, 9.17) is 16.3 Å². The van der Waals surface area contributed by atoms with E-state index in [1.54, 1.807) is 35.6 Å². The fraction of sp³-hybridized carbons (Fsp3) is 0.421. The predicted molar refractivity (Wildman–Crippen MR) is 102 cm³/mol. The molecule has 1 aromatic heterocycles. The molecular formula is C19H23ClN2O2S. The minimum Gasteiger partial charge on any atom is -0.478 e. The first-order valence-electron chi connectivity index (χ1n) is 8.43. The zero-order chi connectivity index (χ0) is 17.9. The minimum atomic E-state index is -0.899. The van der Waals surface area contributed by atoms with Gasteiger partial charge in [-0.15, -0.1) is 11.3 Å². The van der Waals surface area contributed by atoms with Gasteiger partial charge in [-0.3, -0.25) is 9.69 Å². The summed E-state index contributed by atoms with van der Waals surface area (Å²) in [6, 6.07) is 11.3. The van der Waals surface area contributed by atoms with Crippen molar-refractivity contribution in [1.82, 2.24) is 9.80 Å². The summed E-state index contributed by atoms with van der Waals surface area (Å²) in [5, 5.41) is 2.75. The monoisotopic (exact) mass is 378 g/mol. The molecule has 3 rings (SSSR count). The zero-order valence-corrected chi connectivity index (χ0v) is 16.1. The number of carbonyl (C=O) groups excluding carboxylic acids is 1. The molecule has 0 radical (unpaired) electrons. The lowest BCUT2D eigenvalue weighted by atomic mass is 10.1. The number of nitrogens with zero attached hydrogens (tertiary/aromatic N) is 2. The SMILES string of the molecule is CC(C)(Oc1ccc(Cl)cc1)C(=O)N1CCN(Cc2cccs2)CC1. The molecule has 0 atom stereocenters. The van der Waals surface area contributed by atoms with Gasteiger partial charge in [-0.25, -0.2) is 0 Å². The van der Waals surface area contributed by atoms with Crippen molar-refractivity contribution in [2.45, 2.75) is 26.0 Å². The Kier molecular flexibility index (Phi) is 5.67. The molecule has 0 N–H and O–H groups in total. The van der Waals surface area contributed by atoms with Crippen LogP contribution in [-0.4, -0.2) is 47.5 Å². The molecule has 4 nitrogen and oxygen atoms in total. The maximum absolute atomic E-state index is 12.9. The summed E-state index contributed by atoms with van der Waals surface area (Å²) in [6.07, 6.45) is 0. The Bertz CT molecular complexity index is 693. The zero-order valence-electron chi connectivity index (χ0n) is 14.6. The third-order valence-corrected chi connectivity index (χ3v) is 5.43. The highest BCUT2D eigenvalue weighted by atomic mass is 35.5. The first kappa shape index (κ1) is 18.2. The fourth-order valence-corrected chi connectivity index (χ4v) is 3.83. The van der Waals surface area contributed by atoms with E-state index in [0.717, 1.165) is 32.7 Å². The molecular weight excluding hydrogens is 356 g/mol. The molecule has 1 fully saturated rings. The molecule has 6 heteroatoms. The molecule has 1 amide bonds. The van der Waals surface area contributed by atoms with Gasteiger partial charge in [0.1, 0.15) is 5.75 Å². The standard InChI is InChI=1S/C19H23ClN2O2S/c1-19(2,24-16-7-5-15(20)6-8-16)18(23)22-11-9-21(10-12-22)14-17-4-3-13-25-17/h3-8,13H,9-12,14H2,1-2H3. The van der Waals surface area contributed by atoms with Crippen molar-refractivity contribution < 1.29 is 9.53 Å². The van der Waals surface area contributed by atoms with Crippen LogP contribution in [0.3, 0.4) is 0 Å². The van der Waals surface area contributed by atoms with Crippen LogP contribution in [0.2, 0.25) is 5.02 Å². The number of hydrogen-bond donors (Lipinski definition) is 0. The Labute approximate surface area is 158 Å². The van der Waals surface area contributed by atoms with Crippen molar-refractivity contribution >= 4 is 28.8 Å². The average molecular weight is 379 g/mol. The number of benzene rings is 1. The first-order chi connectivity index (χ1) is 11.9. The van der Waals surface area contributed by atoms with Crippen LogP contribution in [0.4, 0.5) is 0 Å². The molecule has 0 saturated carbocycles. The van der Waals surface area contributed by atoms with Crippen LogP contribution in [-0.2, 0) is 11.3 Å². The molecule has 25 heavy (non-hydrogen) atoms. The number of ether oxygens (including phenoxy) is 1. The largest absolute Gasteiger partial charge is 0.478 e. The Morgan fingerprint density at radius 3 is 2.44 bits per heavy atom. The van der Waals surface area contributed by atoms with Crippen LogP contribution in [0.1, 0.15) is 18.7 Å². The lowest BCUT2D eigenvalue weighted by Gasteiger charge is -2.38. The number of hydrogen-bond acceptors (Lipinski definition) is 4. The first-order valence-corrected chi connectivity index (χ1v) is 9.68. The normalized spacial score (nSPS) is 16.0. The second-order valence-electron chi connectivity index (χ2n) is 6.71. The molecule has 1 aromatic carbocycles. The van der Waals surface area contributed by atoms with E-state index in [9.17, 15) is 4.79 Å². The Morgan fingerprint density at radius 1 is 1.16 bits per heavy atom. The van der Waals surface area contributed by atoms with Crippen molar-refractivity contribution in [2.24, 2.45) is 0 Å². The number of piperazine rings is 1. The molecule has 0 unspecified atom stereocenters. The van der Waals surface area contributed by atoms with Gasteiger partial charge in [-0.2, -0.15) is 0 Å². The van der Waals surface area contributed by atoms with Crippen molar-refractivity contribution in [2.75, 3.05) is 26.2 Å². The van der Waals surface area contributed by atoms with E-state index in [1.807, 2.05) is 18.7 Å². The van der Waals surface area contributed by atoms with Crippen LogP contribution in [0.25, 0.3) is 0 Å². The molecule has 1 aliphatic heterocycles. The second kappa shape index (κ2) is 7.77. The van der Waals surface area contributed by atoms with Crippen LogP contribution >= 0.6 is 22.9 Å². The molecule has 0 spiro atoms. The van der Waals surface area contributed by atoms with Crippen molar-refractivity contribution in [3.63, 3.8) is 0 Å². The summed E-state index contributed by atoms with van der Waals surface area (Å²) in [5.74, 6) is 0.678. The van der Waals surface area contributed by atoms with E-state index in [1.165, 1.54) is 4.88 Å². The van der Waals surface area contributed by atoms with Crippen LogP contribution in [0, 0.1) is 0 Å². The Hall–Kier alpha value is -1.56. The van der Waals surface area contributed by atoms with E-state index < -0.39 is 5.60 Å². The van der Waals surface area contributed by atoms with Gasteiger partial charge in [0.05, 0.1) is 0 Å². The van der Waals surface area contributed by atoms with Crippen molar-refractivity contribution in [1.29, 1.82) is 0 Å². The summed E-state index contributed by atoms with van der Waals surface area (Å²) < 4.78 is 5.92. The van der Waals surface area contributed by atoms with E-state index in [2.05, 4.69) is 22.4 Å². The smallest absolute Gasteiger partial charge is 0.266 e. The van der Waals surface area contributed by atoms with Gasteiger partial charge in [0.2, 0.25) is 0 Å². The maximum Gasteiger partial charge on any atom is 0.266 e. The highest BCUT2D eigenvalue weighted by molar-refractivity contribution is 7.09. The molecule has 1 aliphatic rings. The van der Waals surface area contributed by atoms with E-state index in [0.29, 0.717) is 10.8 Å². The molecule has 0 aliphatic carbocycles. The highest BCUT2D eigenvalue weighted by Crippen LogP contribution is 2.23. The van der Waals surface area contributed by atoms with Crippen molar-refractivity contribution in [3.05, 3.63) is 51.7 Å². The van der Waals surface area contributed by atoms with Gasteiger partial charge >= 0.3 is 0 Å². The Balaban J connectivity index is 1.54. The van der Waals surface area contributed by atoms with Gasteiger partial charge in [-0.1, -0.05) is 17.7 Å². The molecule has 1 saturated heterocycles. The van der Waals surface area contributed by atoms with Gasteiger partial charge in [0.25, 0.3) is 5.91 Å². The summed E-state index contributed by atoms with van der Waals surface area (Å²) >= 11 is 7.68. The van der Waals surface area contributed by atoms with Gasteiger partial charge in [-0.05, 0) is 49.6 Å². The number of halogens is 1. The van der Waals surface area contributed by atoms with Crippen molar-refractivity contribution in [3.8, 4) is 5.75 Å². The highest BCUT2D eigenvalue weighted by Gasteiger charge is 2.35. The summed E-state index contributed by atoms with van der Waals surface area (Å²) in [6.45, 7) is 7.85. The lowest BCUT2D eigenvalue weighted by molar-refractivity contribution is -0.147. The number of amides is 1. The van der Waals surface area contributed by atoms with Gasteiger partial charge < -0.3 is 9.64 Å². The number of rotatable bonds is 5. The molecule has 134 valence electrons. The average Bonchev–Trinajstić information content (AvgIpc) is 3.10. The van der Waals surface area contributed by atoms with Crippen LogP contribution in [0.15, 0.2) is 41.8 Å². The molecule has 2 heterocycles. The minimum absolute atomic E-state index is 0.0261. The Morgan fingerprint density at radius 2 is 1.84 bits per heavy atom. The number of thiophene rings is 1. The van der Waals surface area contributed by atoms with Crippen LogP contribution < -0.4 is 4.74 Å².